The molecule has 0 saturated carbocycles. The molecule has 0 N–H and O–H groups in total. The molecular formula is C20H19O5P. The molecule has 0 aliphatic rings. The lowest BCUT2D eigenvalue weighted by Gasteiger charge is -2.21. The van der Waals surface area contributed by atoms with Gasteiger partial charge in [0.25, 0.3) is 0 Å². The first-order valence-corrected chi connectivity index (χ1v) is 9.50. The lowest BCUT2D eigenvalue weighted by Crippen LogP contribution is -2.16. The SMILES string of the molecule is COP(=O)(OC)OC(C(=O)c1ccccc1)c1ccc2ccccc2c1. The van der Waals surface area contributed by atoms with Crippen LogP contribution in [-0.2, 0) is 18.1 Å². The number of benzene rings is 3. The van der Waals surface area contributed by atoms with Crippen molar-refractivity contribution in [2.45, 2.75) is 6.10 Å². The van der Waals surface area contributed by atoms with E-state index in [0.717, 1.165) is 10.8 Å². The van der Waals surface area contributed by atoms with Crippen LogP contribution in [0.25, 0.3) is 10.8 Å². The Morgan fingerprint density at radius 1 is 0.846 bits per heavy atom. The molecule has 0 radical (unpaired) electrons. The highest BCUT2D eigenvalue weighted by Crippen LogP contribution is 2.52. The number of hydrogen-bond donors (Lipinski definition) is 0. The summed E-state index contributed by atoms with van der Waals surface area (Å²) in [7, 11) is -1.42. The highest BCUT2D eigenvalue weighted by molar-refractivity contribution is 7.48. The van der Waals surface area contributed by atoms with Crippen LogP contribution in [0.2, 0.25) is 0 Å². The molecule has 3 aromatic rings. The number of carbonyl (C=O) groups is 1. The van der Waals surface area contributed by atoms with E-state index in [4.69, 9.17) is 13.6 Å². The molecule has 6 heteroatoms. The van der Waals surface area contributed by atoms with E-state index in [1.807, 2.05) is 42.5 Å². The molecule has 3 aromatic carbocycles. The molecule has 0 amide bonds. The maximum Gasteiger partial charge on any atom is 0.475 e. The number of phosphoric acid groups is 1. The number of fused-ring (bicyclic) bond motifs is 1. The minimum Gasteiger partial charge on any atom is -0.291 e. The molecule has 0 aliphatic heterocycles. The lowest BCUT2D eigenvalue weighted by atomic mass is 9.97. The molecule has 5 nitrogen and oxygen atoms in total. The second-order valence-corrected chi connectivity index (χ2v) is 7.47. The Bertz CT molecular complexity index is 947. The van der Waals surface area contributed by atoms with Gasteiger partial charge in [-0.25, -0.2) is 4.57 Å². The van der Waals surface area contributed by atoms with Crippen molar-refractivity contribution in [3.63, 3.8) is 0 Å². The Morgan fingerprint density at radius 3 is 2.12 bits per heavy atom. The number of carbonyl (C=O) groups excluding carboxylic acids is 1. The van der Waals surface area contributed by atoms with Crippen LogP contribution in [0, 0.1) is 0 Å². The number of rotatable bonds is 7. The molecule has 3 rings (SSSR count). The number of hydrogen-bond acceptors (Lipinski definition) is 5. The van der Waals surface area contributed by atoms with Crippen molar-refractivity contribution in [3.8, 4) is 0 Å². The summed E-state index contributed by atoms with van der Waals surface area (Å²) < 4.78 is 27.8. The number of ketones is 1. The molecule has 26 heavy (non-hydrogen) atoms. The summed E-state index contributed by atoms with van der Waals surface area (Å²) in [5.74, 6) is -0.324. The van der Waals surface area contributed by atoms with Crippen LogP contribution in [0.5, 0.6) is 0 Å². The van der Waals surface area contributed by atoms with Crippen molar-refractivity contribution in [1.82, 2.24) is 0 Å². The Kier molecular flexibility index (Phi) is 5.64. The molecule has 0 fully saturated rings. The van der Waals surface area contributed by atoms with Crippen LogP contribution in [0.3, 0.4) is 0 Å². The van der Waals surface area contributed by atoms with Crippen molar-refractivity contribution in [2.75, 3.05) is 14.2 Å². The van der Waals surface area contributed by atoms with Gasteiger partial charge >= 0.3 is 7.82 Å². The number of phosphoric ester groups is 1. The van der Waals surface area contributed by atoms with E-state index in [-0.39, 0.29) is 5.78 Å². The molecule has 0 saturated heterocycles. The van der Waals surface area contributed by atoms with Gasteiger partial charge in [-0.3, -0.25) is 18.4 Å². The van der Waals surface area contributed by atoms with Gasteiger partial charge in [-0.1, -0.05) is 66.7 Å². The normalized spacial score (nSPS) is 12.8. The monoisotopic (exact) mass is 370 g/mol. The fraction of sp³-hybridized carbons (Fsp3) is 0.150. The second-order valence-electron chi connectivity index (χ2n) is 5.63. The van der Waals surface area contributed by atoms with Crippen molar-refractivity contribution in [2.24, 2.45) is 0 Å². The molecule has 0 aromatic heterocycles. The Hall–Kier alpha value is -2.30. The highest BCUT2D eigenvalue weighted by atomic mass is 31.2. The summed E-state index contributed by atoms with van der Waals surface area (Å²) in [4.78, 5) is 13.0. The van der Waals surface area contributed by atoms with E-state index in [0.29, 0.717) is 11.1 Å². The van der Waals surface area contributed by atoms with Crippen molar-refractivity contribution in [3.05, 3.63) is 83.9 Å². The first-order chi connectivity index (χ1) is 12.6. The fourth-order valence-electron chi connectivity index (χ4n) is 2.67. The van der Waals surface area contributed by atoms with E-state index < -0.39 is 13.9 Å². The Morgan fingerprint density at radius 2 is 1.46 bits per heavy atom. The zero-order valence-electron chi connectivity index (χ0n) is 14.5. The van der Waals surface area contributed by atoms with E-state index in [9.17, 15) is 9.36 Å². The molecule has 0 aliphatic carbocycles. The molecular weight excluding hydrogens is 351 g/mol. The van der Waals surface area contributed by atoms with Crippen LogP contribution in [0.1, 0.15) is 22.0 Å². The maximum absolute atomic E-state index is 13.0. The minimum absolute atomic E-state index is 0.324. The summed E-state index contributed by atoms with van der Waals surface area (Å²) in [5.41, 5.74) is 1.02. The van der Waals surface area contributed by atoms with Crippen LogP contribution in [0.4, 0.5) is 0 Å². The Labute approximate surface area is 152 Å². The maximum atomic E-state index is 13.0. The zero-order valence-corrected chi connectivity index (χ0v) is 15.4. The van der Waals surface area contributed by atoms with E-state index in [2.05, 4.69) is 0 Å². The lowest BCUT2D eigenvalue weighted by molar-refractivity contribution is 0.0658. The Balaban J connectivity index is 2.06. The minimum atomic E-state index is -3.86. The van der Waals surface area contributed by atoms with Gasteiger partial charge in [0.2, 0.25) is 0 Å². The zero-order chi connectivity index (χ0) is 18.6. The van der Waals surface area contributed by atoms with Gasteiger partial charge in [0.15, 0.2) is 11.9 Å². The van der Waals surface area contributed by atoms with Gasteiger partial charge in [-0.15, -0.1) is 0 Å². The second kappa shape index (κ2) is 7.94. The predicted octanol–water partition coefficient (Wildman–Crippen LogP) is 5.18. The molecule has 1 unspecified atom stereocenters. The van der Waals surface area contributed by atoms with Crippen LogP contribution in [0.15, 0.2) is 72.8 Å². The third-order valence-corrected chi connectivity index (χ3v) is 5.42. The molecule has 0 spiro atoms. The first kappa shape index (κ1) is 18.5. The van der Waals surface area contributed by atoms with Crippen LogP contribution in [-0.4, -0.2) is 20.0 Å². The van der Waals surface area contributed by atoms with Crippen molar-refractivity contribution in [1.29, 1.82) is 0 Å². The topological polar surface area (TPSA) is 61.8 Å². The third kappa shape index (κ3) is 3.92. The van der Waals surface area contributed by atoms with Gasteiger partial charge in [0, 0.05) is 19.8 Å². The predicted molar refractivity (Wildman–Crippen MR) is 100 cm³/mol. The third-order valence-electron chi connectivity index (χ3n) is 4.05. The summed E-state index contributed by atoms with van der Waals surface area (Å²) in [6.07, 6.45) is -1.12. The molecule has 0 bridgehead atoms. The number of Topliss-reactive ketones (excluding diaryl/α,β-unsaturated/α-hetero) is 1. The molecule has 0 heterocycles. The summed E-state index contributed by atoms with van der Waals surface area (Å²) in [5, 5.41) is 1.98. The molecule has 1 atom stereocenters. The van der Waals surface area contributed by atoms with Crippen molar-refractivity contribution >= 4 is 24.4 Å². The standard InChI is InChI=1S/C20H19O5P/c1-23-26(22,24-2)25-20(19(21)16-9-4-3-5-10-16)18-13-12-15-8-6-7-11-17(15)14-18/h3-14,20H,1-2H3. The highest BCUT2D eigenvalue weighted by Gasteiger charge is 2.34. The quantitative estimate of drug-likeness (QED) is 0.423. The van der Waals surface area contributed by atoms with E-state index in [1.54, 1.807) is 30.3 Å². The largest absolute Gasteiger partial charge is 0.475 e. The van der Waals surface area contributed by atoms with Gasteiger partial charge < -0.3 is 0 Å². The van der Waals surface area contributed by atoms with Gasteiger partial charge in [-0.2, -0.15) is 0 Å². The average Bonchev–Trinajstić information content (AvgIpc) is 2.71. The summed E-state index contributed by atoms with van der Waals surface area (Å²) in [6, 6.07) is 22.0. The van der Waals surface area contributed by atoms with Gasteiger partial charge in [0.05, 0.1) is 0 Å². The van der Waals surface area contributed by atoms with Gasteiger partial charge in [-0.05, 0) is 22.4 Å². The smallest absolute Gasteiger partial charge is 0.291 e. The molecule has 134 valence electrons. The van der Waals surface area contributed by atoms with E-state index >= 15 is 0 Å². The fourth-order valence-corrected chi connectivity index (χ4v) is 3.47. The van der Waals surface area contributed by atoms with Crippen LogP contribution < -0.4 is 0 Å². The summed E-state index contributed by atoms with van der Waals surface area (Å²) in [6.45, 7) is 0. The first-order valence-electron chi connectivity index (χ1n) is 8.04. The van der Waals surface area contributed by atoms with Gasteiger partial charge in [0.1, 0.15) is 0 Å². The summed E-state index contributed by atoms with van der Waals surface area (Å²) >= 11 is 0. The van der Waals surface area contributed by atoms with Crippen LogP contribution >= 0.6 is 7.82 Å². The van der Waals surface area contributed by atoms with Crippen molar-refractivity contribution < 1.29 is 22.9 Å². The average molecular weight is 370 g/mol. The van der Waals surface area contributed by atoms with E-state index in [1.165, 1.54) is 14.2 Å².